The maximum atomic E-state index is 12.6. The Hall–Kier alpha value is -2.11. The highest BCUT2D eigenvalue weighted by atomic mass is 16.5. The fraction of sp³-hybridized carbons (Fsp3) is 0.450. The van der Waals surface area contributed by atoms with E-state index in [9.17, 15) is 4.79 Å². The van der Waals surface area contributed by atoms with E-state index in [-0.39, 0.29) is 5.91 Å². The first-order valence-corrected chi connectivity index (χ1v) is 8.82. The molecule has 0 unspecified atom stereocenters. The van der Waals surface area contributed by atoms with Crippen LogP contribution in [0.3, 0.4) is 0 Å². The van der Waals surface area contributed by atoms with Crippen LogP contribution in [-0.4, -0.2) is 62.1 Å². The number of methoxy groups -OCH3 is 1. The van der Waals surface area contributed by atoms with Crippen molar-refractivity contribution in [3.8, 4) is 5.75 Å². The maximum absolute atomic E-state index is 12.6. The summed E-state index contributed by atoms with van der Waals surface area (Å²) in [6.45, 7) is 6.11. The van der Waals surface area contributed by atoms with E-state index in [1.165, 1.54) is 0 Å². The number of benzene rings is 2. The zero-order valence-corrected chi connectivity index (χ0v) is 15.3. The molecule has 1 aliphatic heterocycles. The summed E-state index contributed by atoms with van der Waals surface area (Å²) in [6, 6.07) is 12.8. The fourth-order valence-corrected chi connectivity index (χ4v) is 3.27. The molecule has 0 saturated carbocycles. The van der Waals surface area contributed by atoms with E-state index in [2.05, 4.69) is 41.4 Å². The van der Waals surface area contributed by atoms with Gasteiger partial charge in [-0.1, -0.05) is 18.2 Å². The van der Waals surface area contributed by atoms with Crippen LogP contribution in [-0.2, 0) is 11.3 Å². The summed E-state index contributed by atoms with van der Waals surface area (Å²) in [5.74, 6) is 1.03. The maximum Gasteiger partial charge on any atom is 0.236 e. The minimum absolute atomic E-state index is 0.170. The van der Waals surface area contributed by atoms with Crippen LogP contribution in [0.25, 0.3) is 10.8 Å². The molecule has 1 fully saturated rings. The second kappa shape index (κ2) is 7.85. The Labute approximate surface area is 149 Å². The third-order valence-corrected chi connectivity index (χ3v) is 4.93. The minimum Gasteiger partial charge on any atom is -0.497 e. The zero-order valence-electron chi connectivity index (χ0n) is 15.3. The lowest BCUT2D eigenvalue weighted by Crippen LogP contribution is -2.52. The molecule has 1 atom stereocenters. The first kappa shape index (κ1) is 17.7. The molecule has 2 aromatic carbocycles. The number of ether oxygens (including phenoxy) is 1. The lowest BCUT2D eigenvalue weighted by atomic mass is 10.1. The molecule has 2 aromatic rings. The fourth-order valence-electron chi connectivity index (χ4n) is 3.27. The zero-order chi connectivity index (χ0) is 17.8. The van der Waals surface area contributed by atoms with Crippen LogP contribution in [0, 0.1) is 0 Å². The molecule has 1 aliphatic rings. The van der Waals surface area contributed by atoms with Gasteiger partial charge in [-0.15, -0.1) is 0 Å². The summed E-state index contributed by atoms with van der Waals surface area (Å²) in [6.07, 6.45) is 0. The minimum atomic E-state index is 0.170. The average Bonchev–Trinajstić information content (AvgIpc) is 2.63. The molecular weight excluding hydrogens is 314 g/mol. The van der Waals surface area contributed by atoms with Crippen LogP contribution in [0.1, 0.15) is 12.5 Å². The highest BCUT2D eigenvalue weighted by molar-refractivity contribution is 5.84. The van der Waals surface area contributed by atoms with Gasteiger partial charge in [0.15, 0.2) is 0 Å². The van der Waals surface area contributed by atoms with Gasteiger partial charge in [0.1, 0.15) is 5.75 Å². The van der Waals surface area contributed by atoms with Crippen molar-refractivity contribution >= 4 is 16.7 Å². The Kier molecular flexibility index (Phi) is 5.56. The summed E-state index contributed by atoms with van der Waals surface area (Å²) in [7, 11) is 3.56. The highest BCUT2D eigenvalue weighted by Gasteiger charge is 2.21. The number of rotatable bonds is 5. The van der Waals surface area contributed by atoms with E-state index >= 15 is 0 Å². The van der Waals surface area contributed by atoms with Gasteiger partial charge in [-0.05, 0) is 41.5 Å². The summed E-state index contributed by atoms with van der Waals surface area (Å²) in [5.41, 5.74) is 1.14. The number of fused-ring (bicyclic) bond motifs is 1. The van der Waals surface area contributed by atoms with Crippen molar-refractivity contribution in [1.82, 2.24) is 15.1 Å². The van der Waals surface area contributed by atoms with Crippen molar-refractivity contribution in [2.75, 3.05) is 40.3 Å². The summed E-state index contributed by atoms with van der Waals surface area (Å²) in [4.78, 5) is 16.6. The molecule has 3 rings (SSSR count). The second-order valence-electron chi connectivity index (χ2n) is 6.82. The van der Waals surface area contributed by atoms with Gasteiger partial charge < -0.3 is 15.0 Å². The summed E-state index contributed by atoms with van der Waals surface area (Å²) >= 11 is 0. The van der Waals surface area contributed by atoms with Crippen LogP contribution in [0.2, 0.25) is 0 Å². The number of hydrogen-bond donors (Lipinski definition) is 1. The van der Waals surface area contributed by atoms with E-state index in [1.807, 2.05) is 24.1 Å². The van der Waals surface area contributed by atoms with Gasteiger partial charge in [0.2, 0.25) is 5.91 Å². The first-order chi connectivity index (χ1) is 12.1. The van der Waals surface area contributed by atoms with Gasteiger partial charge in [0.25, 0.3) is 0 Å². The molecule has 1 saturated heterocycles. The van der Waals surface area contributed by atoms with E-state index in [0.29, 0.717) is 19.1 Å². The summed E-state index contributed by atoms with van der Waals surface area (Å²) < 4.78 is 5.27. The predicted molar refractivity (Wildman–Crippen MR) is 101 cm³/mol. The van der Waals surface area contributed by atoms with E-state index in [0.717, 1.165) is 41.7 Å². The van der Waals surface area contributed by atoms with Gasteiger partial charge in [0, 0.05) is 39.3 Å². The lowest BCUT2D eigenvalue weighted by Gasteiger charge is -2.34. The molecule has 0 bridgehead atoms. The monoisotopic (exact) mass is 341 g/mol. The van der Waals surface area contributed by atoms with Crippen molar-refractivity contribution in [2.45, 2.75) is 19.5 Å². The van der Waals surface area contributed by atoms with E-state index < -0.39 is 0 Å². The largest absolute Gasteiger partial charge is 0.497 e. The third-order valence-electron chi connectivity index (χ3n) is 4.93. The molecule has 134 valence electrons. The Morgan fingerprint density at radius 3 is 2.80 bits per heavy atom. The van der Waals surface area contributed by atoms with Gasteiger partial charge in [-0.3, -0.25) is 9.69 Å². The SMILES string of the molecule is COc1ccc2cc(CN(C)C(=O)CN3CCNC[C@@H]3C)ccc2c1. The molecule has 1 heterocycles. The number of nitrogens with one attached hydrogen (secondary N) is 1. The van der Waals surface area contributed by atoms with Crippen LogP contribution >= 0.6 is 0 Å². The number of nitrogens with zero attached hydrogens (tertiary/aromatic N) is 2. The second-order valence-corrected chi connectivity index (χ2v) is 6.82. The van der Waals surface area contributed by atoms with Crippen molar-refractivity contribution < 1.29 is 9.53 Å². The smallest absolute Gasteiger partial charge is 0.236 e. The first-order valence-electron chi connectivity index (χ1n) is 8.82. The Bertz CT molecular complexity index is 747. The number of likely N-dealkylation sites (N-methyl/N-ethyl adjacent to an activating group) is 1. The van der Waals surface area contributed by atoms with Crippen LogP contribution in [0.4, 0.5) is 0 Å². The Morgan fingerprint density at radius 2 is 2.04 bits per heavy atom. The molecule has 5 heteroatoms. The van der Waals surface area contributed by atoms with Gasteiger partial charge in [0.05, 0.1) is 13.7 Å². The number of carbonyl (C=O) groups excluding carboxylic acids is 1. The van der Waals surface area contributed by atoms with Gasteiger partial charge in [-0.2, -0.15) is 0 Å². The van der Waals surface area contributed by atoms with Crippen molar-refractivity contribution in [3.63, 3.8) is 0 Å². The molecule has 0 radical (unpaired) electrons. The Morgan fingerprint density at radius 1 is 1.28 bits per heavy atom. The molecule has 0 spiro atoms. The normalized spacial score (nSPS) is 18.3. The Balaban J connectivity index is 1.64. The number of carbonyl (C=O) groups is 1. The van der Waals surface area contributed by atoms with E-state index in [1.54, 1.807) is 7.11 Å². The van der Waals surface area contributed by atoms with Crippen molar-refractivity contribution in [2.24, 2.45) is 0 Å². The highest BCUT2D eigenvalue weighted by Crippen LogP contribution is 2.22. The van der Waals surface area contributed by atoms with Crippen molar-refractivity contribution in [3.05, 3.63) is 42.0 Å². The number of piperazine rings is 1. The molecule has 5 nitrogen and oxygen atoms in total. The van der Waals surface area contributed by atoms with Crippen LogP contribution in [0.5, 0.6) is 5.75 Å². The molecule has 1 amide bonds. The number of amides is 1. The van der Waals surface area contributed by atoms with Crippen LogP contribution in [0.15, 0.2) is 36.4 Å². The quantitative estimate of drug-likeness (QED) is 0.905. The predicted octanol–water partition coefficient (Wildman–Crippen LogP) is 2.10. The number of hydrogen-bond acceptors (Lipinski definition) is 4. The molecule has 25 heavy (non-hydrogen) atoms. The standard InChI is InChI=1S/C20H27N3O2/c1-15-12-21-8-9-23(15)14-20(24)22(2)13-16-4-5-18-11-19(25-3)7-6-17(18)10-16/h4-7,10-11,15,21H,8-9,12-14H2,1-3H3/t15-/m0/s1. The molecule has 1 N–H and O–H groups in total. The van der Waals surface area contributed by atoms with Crippen LogP contribution < -0.4 is 10.1 Å². The average molecular weight is 341 g/mol. The van der Waals surface area contributed by atoms with Crippen molar-refractivity contribution in [1.29, 1.82) is 0 Å². The molecular formula is C20H27N3O2. The molecule has 0 aromatic heterocycles. The molecule has 0 aliphatic carbocycles. The topological polar surface area (TPSA) is 44.8 Å². The third kappa shape index (κ3) is 4.30. The van der Waals surface area contributed by atoms with E-state index in [4.69, 9.17) is 4.74 Å². The van der Waals surface area contributed by atoms with Gasteiger partial charge >= 0.3 is 0 Å². The summed E-state index contributed by atoms with van der Waals surface area (Å²) in [5, 5.41) is 5.66. The lowest BCUT2D eigenvalue weighted by molar-refractivity contribution is -0.132. The van der Waals surface area contributed by atoms with Gasteiger partial charge in [-0.25, -0.2) is 0 Å².